The van der Waals surface area contributed by atoms with Crippen LogP contribution in [0.5, 0.6) is 0 Å². The zero-order valence-electron chi connectivity index (χ0n) is 9.19. The van der Waals surface area contributed by atoms with Crippen LogP contribution in [0.3, 0.4) is 0 Å². The molecular formula is C11H15N3O2. The van der Waals surface area contributed by atoms with Crippen molar-refractivity contribution in [2.75, 3.05) is 13.1 Å². The molecule has 0 radical (unpaired) electrons. The molecule has 5 heteroatoms. The molecule has 1 aliphatic heterocycles. The maximum absolute atomic E-state index is 11.3. The minimum atomic E-state index is 0.317. The number of hydrogen-bond acceptors (Lipinski definition) is 5. The van der Waals surface area contributed by atoms with E-state index in [1.165, 1.54) is 12.8 Å². The van der Waals surface area contributed by atoms with Gasteiger partial charge in [-0.15, -0.1) is 0 Å². The molecular weight excluding hydrogens is 206 g/mol. The van der Waals surface area contributed by atoms with Crippen molar-refractivity contribution < 1.29 is 9.32 Å². The summed E-state index contributed by atoms with van der Waals surface area (Å²) in [6, 6.07) is 0. The first kappa shape index (κ1) is 9.96. The van der Waals surface area contributed by atoms with Crippen LogP contribution in [0.1, 0.15) is 43.3 Å². The summed E-state index contributed by atoms with van der Waals surface area (Å²) in [6.45, 7) is 2.13. The van der Waals surface area contributed by atoms with Gasteiger partial charge >= 0.3 is 0 Å². The number of likely N-dealkylation sites (tertiary alicyclic amines) is 1. The Bertz CT molecular complexity index is 398. The first-order valence-electron chi connectivity index (χ1n) is 5.88. The van der Waals surface area contributed by atoms with Crippen molar-refractivity contribution in [3.8, 4) is 0 Å². The minimum absolute atomic E-state index is 0.317. The summed E-state index contributed by atoms with van der Waals surface area (Å²) < 4.78 is 5.18. The Morgan fingerprint density at radius 3 is 3.06 bits per heavy atom. The maximum Gasteiger partial charge on any atom is 0.229 e. The predicted octanol–water partition coefficient (Wildman–Crippen LogP) is 1.11. The first-order chi connectivity index (χ1) is 7.81. The average molecular weight is 221 g/mol. The van der Waals surface area contributed by atoms with Crippen LogP contribution in [0.4, 0.5) is 0 Å². The Labute approximate surface area is 93.8 Å². The zero-order chi connectivity index (χ0) is 11.0. The van der Waals surface area contributed by atoms with Gasteiger partial charge in [0.15, 0.2) is 5.82 Å². The number of ketones is 1. The van der Waals surface area contributed by atoms with Gasteiger partial charge in [0.1, 0.15) is 5.78 Å². The van der Waals surface area contributed by atoms with Crippen molar-refractivity contribution in [3.63, 3.8) is 0 Å². The molecule has 0 atom stereocenters. The molecule has 86 valence electrons. The molecule has 1 aliphatic carbocycles. The monoisotopic (exact) mass is 221 g/mol. The Morgan fingerprint density at radius 2 is 2.31 bits per heavy atom. The quantitative estimate of drug-likeness (QED) is 0.765. The van der Waals surface area contributed by atoms with Crippen LogP contribution in [0.25, 0.3) is 0 Å². The maximum atomic E-state index is 11.3. The molecule has 1 saturated heterocycles. The van der Waals surface area contributed by atoms with Gasteiger partial charge in [0.05, 0.1) is 13.1 Å². The average Bonchev–Trinajstić information content (AvgIpc) is 3.01. The lowest BCUT2D eigenvalue weighted by Crippen LogP contribution is -2.35. The molecule has 1 aromatic heterocycles. The molecule has 1 aromatic rings. The summed E-state index contributed by atoms with van der Waals surface area (Å²) >= 11 is 0. The molecule has 0 N–H and O–H groups in total. The van der Waals surface area contributed by atoms with E-state index in [1.807, 2.05) is 0 Å². The largest absolute Gasteiger partial charge is 0.339 e. The van der Waals surface area contributed by atoms with Crippen LogP contribution in [-0.2, 0) is 11.3 Å². The molecule has 3 rings (SSSR count). The molecule has 2 fully saturated rings. The highest BCUT2D eigenvalue weighted by molar-refractivity contribution is 5.81. The van der Waals surface area contributed by atoms with Gasteiger partial charge in [0, 0.05) is 12.3 Å². The first-order valence-corrected chi connectivity index (χ1v) is 5.88. The third-order valence-corrected chi connectivity index (χ3v) is 3.11. The van der Waals surface area contributed by atoms with E-state index in [2.05, 4.69) is 15.0 Å². The number of piperidine rings is 1. The topological polar surface area (TPSA) is 59.2 Å². The van der Waals surface area contributed by atoms with Gasteiger partial charge in [0.25, 0.3) is 0 Å². The molecule has 2 aliphatic rings. The summed E-state index contributed by atoms with van der Waals surface area (Å²) in [5.74, 6) is 2.32. The van der Waals surface area contributed by atoms with Crippen LogP contribution in [-0.4, -0.2) is 33.9 Å². The summed E-state index contributed by atoms with van der Waals surface area (Å²) in [4.78, 5) is 17.7. The Hall–Kier alpha value is -1.23. The van der Waals surface area contributed by atoms with Crippen LogP contribution >= 0.6 is 0 Å². The van der Waals surface area contributed by atoms with Crippen molar-refractivity contribution in [2.24, 2.45) is 0 Å². The number of carbonyl (C=O) groups excluding carboxylic acids is 1. The van der Waals surface area contributed by atoms with Crippen molar-refractivity contribution in [2.45, 2.75) is 38.1 Å². The summed E-state index contributed by atoms with van der Waals surface area (Å²) in [7, 11) is 0. The number of carbonyl (C=O) groups is 1. The Kier molecular flexibility index (Phi) is 2.47. The normalized spacial score (nSPS) is 22.6. The molecule has 0 amide bonds. The third kappa shape index (κ3) is 2.14. The van der Waals surface area contributed by atoms with E-state index in [-0.39, 0.29) is 0 Å². The lowest BCUT2D eigenvalue weighted by molar-refractivity contribution is -0.122. The van der Waals surface area contributed by atoms with Gasteiger partial charge in [-0.3, -0.25) is 9.69 Å². The van der Waals surface area contributed by atoms with Gasteiger partial charge in [-0.05, 0) is 25.8 Å². The Balaban J connectivity index is 1.61. The summed E-state index contributed by atoms with van der Waals surface area (Å²) in [5, 5.41) is 3.96. The van der Waals surface area contributed by atoms with E-state index in [4.69, 9.17) is 4.52 Å². The second-order valence-corrected chi connectivity index (χ2v) is 4.68. The lowest BCUT2D eigenvalue weighted by atomic mass is 10.1. The number of rotatable bonds is 3. The van der Waals surface area contributed by atoms with Crippen LogP contribution in [0, 0.1) is 0 Å². The van der Waals surface area contributed by atoms with Crippen LogP contribution < -0.4 is 0 Å². The highest BCUT2D eigenvalue weighted by Gasteiger charge is 2.30. The summed E-state index contributed by atoms with van der Waals surface area (Å²) in [6.07, 6.45) is 4.01. The van der Waals surface area contributed by atoms with E-state index < -0.39 is 0 Å². The second kappa shape index (κ2) is 3.97. The molecule has 16 heavy (non-hydrogen) atoms. The molecule has 5 nitrogen and oxygen atoms in total. The molecule has 0 aromatic carbocycles. The molecule has 0 bridgehead atoms. The van der Waals surface area contributed by atoms with E-state index in [0.717, 1.165) is 31.1 Å². The standard InChI is InChI=1S/C11H15N3O2/c15-9-2-1-5-14(6-9)7-10-12-11(16-13-10)8-3-4-8/h8H,1-7H2. The lowest BCUT2D eigenvalue weighted by Gasteiger charge is -2.23. The van der Waals surface area contributed by atoms with Gasteiger partial charge in [-0.2, -0.15) is 4.98 Å². The number of nitrogens with zero attached hydrogens (tertiary/aromatic N) is 3. The zero-order valence-corrected chi connectivity index (χ0v) is 9.19. The van der Waals surface area contributed by atoms with Gasteiger partial charge in [-0.25, -0.2) is 0 Å². The van der Waals surface area contributed by atoms with E-state index in [0.29, 0.717) is 24.8 Å². The fourth-order valence-corrected chi connectivity index (χ4v) is 2.07. The molecule has 0 unspecified atom stereocenters. The minimum Gasteiger partial charge on any atom is -0.339 e. The van der Waals surface area contributed by atoms with Gasteiger partial charge in [-0.1, -0.05) is 5.16 Å². The second-order valence-electron chi connectivity index (χ2n) is 4.68. The molecule has 1 saturated carbocycles. The fourth-order valence-electron chi connectivity index (χ4n) is 2.07. The molecule has 0 spiro atoms. The number of Topliss-reactive ketones (excluding diaryl/α,β-unsaturated/α-hetero) is 1. The smallest absolute Gasteiger partial charge is 0.229 e. The predicted molar refractivity (Wildman–Crippen MR) is 55.8 cm³/mol. The number of hydrogen-bond donors (Lipinski definition) is 0. The van der Waals surface area contributed by atoms with Crippen LogP contribution in [0.15, 0.2) is 4.52 Å². The van der Waals surface area contributed by atoms with Crippen molar-refractivity contribution in [1.82, 2.24) is 15.0 Å². The van der Waals surface area contributed by atoms with E-state index in [1.54, 1.807) is 0 Å². The number of aromatic nitrogens is 2. The SMILES string of the molecule is O=C1CCCN(Cc2noc(C3CC3)n2)C1. The Morgan fingerprint density at radius 1 is 1.44 bits per heavy atom. The van der Waals surface area contributed by atoms with E-state index >= 15 is 0 Å². The highest BCUT2D eigenvalue weighted by Crippen LogP contribution is 2.38. The van der Waals surface area contributed by atoms with Gasteiger partial charge in [0.2, 0.25) is 5.89 Å². The molecule has 2 heterocycles. The third-order valence-electron chi connectivity index (χ3n) is 3.11. The fraction of sp³-hybridized carbons (Fsp3) is 0.727. The summed E-state index contributed by atoms with van der Waals surface area (Å²) in [5.41, 5.74) is 0. The van der Waals surface area contributed by atoms with Crippen molar-refractivity contribution in [1.29, 1.82) is 0 Å². The highest BCUT2D eigenvalue weighted by atomic mass is 16.5. The van der Waals surface area contributed by atoms with Gasteiger partial charge < -0.3 is 4.52 Å². The van der Waals surface area contributed by atoms with E-state index in [9.17, 15) is 4.79 Å². The van der Waals surface area contributed by atoms with Crippen LogP contribution in [0.2, 0.25) is 0 Å². The van der Waals surface area contributed by atoms with Crippen molar-refractivity contribution >= 4 is 5.78 Å². The van der Waals surface area contributed by atoms with Crippen molar-refractivity contribution in [3.05, 3.63) is 11.7 Å².